The third-order valence-electron chi connectivity index (χ3n) is 3.74. The summed E-state index contributed by atoms with van der Waals surface area (Å²) in [5.41, 5.74) is 0.380. The Balaban J connectivity index is 2.24. The minimum Gasteiger partial charge on any atom is -0.493 e. The number of pyridine rings is 1. The number of benzene rings is 1. The fourth-order valence-corrected chi connectivity index (χ4v) is 2.83. The summed E-state index contributed by atoms with van der Waals surface area (Å²) < 4.78 is 9.06. The van der Waals surface area contributed by atoms with Gasteiger partial charge >= 0.3 is 5.69 Å². The molecule has 0 unspecified atom stereocenters. The second-order valence-corrected chi connectivity index (χ2v) is 6.22. The van der Waals surface area contributed by atoms with Gasteiger partial charge in [-0.2, -0.15) is 0 Å². The Morgan fingerprint density at radius 2 is 1.88 bits per heavy atom. The van der Waals surface area contributed by atoms with Gasteiger partial charge in [0.25, 0.3) is 5.56 Å². The third-order valence-corrected chi connectivity index (χ3v) is 4.27. The summed E-state index contributed by atoms with van der Waals surface area (Å²) in [4.78, 5) is 29.6. The molecule has 0 fully saturated rings. The van der Waals surface area contributed by atoms with Crippen molar-refractivity contribution in [2.24, 2.45) is 7.05 Å². The van der Waals surface area contributed by atoms with Crippen LogP contribution in [0.2, 0.25) is 0 Å². The van der Waals surface area contributed by atoms with E-state index in [-0.39, 0.29) is 6.54 Å². The summed E-state index contributed by atoms with van der Waals surface area (Å²) in [7, 11) is 1.60. The zero-order valence-electron chi connectivity index (χ0n) is 13.3. The van der Waals surface area contributed by atoms with Crippen molar-refractivity contribution in [2.45, 2.75) is 13.5 Å². The van der Waals surface area contributed by atoms with Crippen LogP contribution in [0.3, 0.4) is 0 Å². The zero-order chi connectivity index (χ0) is 17.3. The summed E-state index contributed by atoms with van der Waals surface area (Å²) in [6.07, 6.45) is 1.53. The second-order valence-electron chi connectivity index (χ2n) is 5.30. The summed E-state index contributed by atoms with van der Waals surface area (Å²) in [5.74, 6) is 0.438. The Kier molecular flexibility index (Phi) is 4.53. The lowest BCUT2D eigenvalue weighted by Gasteiger charge is -2.12. The highest BCUT2D eigenvalue weighted by atomic mass is 79.9. The molecule has 0 spiro atoms. The van der Waals surface area contributed by atoms with Crippen molar-refractivity contribution in [3.63, 3.8) is 0 Å². The molecule has 3 rings (SSSR count). The molecule has 1 aromatic carbocycles. The number of rotatable bonds is 4. The van der Waals surface area contributed by atoms with E-state index in [1.807, 2.05) is 31.2 Å². The van der Waals surface area contributed by atoms with Gasteiger partial charge in [0, 0.05) is 17.7 Å². The second kappa shape index (κ2) is 6.60. The van der Waals surface area contributed by atoms with E-state index in [0.717, 1.165) is 10.0 Å². The molecule has 124 valence electrons. The van der Waals surface area contributed by atoms with Crippen LogP contribution in [0, 0.1) is 0 Å². The first-order chi connectivity index (χ1) is 11.5. The quantitative estimate of drug-likeness (QED) is 0.686. The molecule has 0 aliphatic carbocycles. The minimum atomic E-state index is -0.406. The zero-order valence-corrected chi connectivity index (χ0v) is 14.9. The van der Waals surface area contributed by atoms with Gasteiger partial charge in [-0.05, 0) is 30.7 Å². The Labute approximate surface area is 146 Å². The maximum atomic E-state index is 12.9. The number of hydrogen-bond donors (Lipinski definition) is 0. The SMILES string of the molecule is CCOc1ccnc2c1c(=O)n(Cc1ccc(Br)cc1)c(=O)n2C. The van der Waals surface area contributed by atoms with E-state index in [4.69, 9.17) is 4.74 Å². The Bertz CT molecular complexity index is 1010. The molecule has 0 radical (unpaired) electrons. The van der Waals surface area contributed by atoms with E-state index < -0.39 is 11.2 Å². The molecule has 6 nitrogen and oxygen atoms in total. The van der Waals surface area contributed by atoms with Crippen LogP contribution >= 0.6 is 15.9 Å². The van der Waals surface area contributed by atoms with Crippen molar-refractivity contribution in [1.29, 1.82) is 0 Å². The van der Waals surface area contributed by atoms with Gasteiger partial charge in [-0.25, -0.2) is 9.78 Å². The average molecular weight is 390 g/mol. The number of ether oxygens (including phenoxy) is 1. The monoisotopic (exact) mass is 389 g/mol. The molecule has 0 atom stereocenters. The number of halogens is 1. The molecule has 2 aromatic heterocycles. The van der Waals surface area contributed by atoms with Crippen molar-refractivity contribution in [3.05, 3.63) is 67.4 Å². The van der Waals surface area contributed by atoms with E-state index in [2.05, 4.69) is 20.9 Å². The first-order valence-electron chi connectivity index (χ1n) is 7.48. The third kappa shape index (κ3) is 2.87. The largest absolute Gasteiger partial charge is 0.493 e. The predicted octanol–water partition coefficient (Wildman–Crippen LogP) is 2.30. The maximum absolute atomic E-state index is 12.9. The van der Waals surface area contributed by atoms with Crippen LogP contribution in [0.25, 0.3) is 11.0 Å². The number of nitrogens with zero attached hydrogens (tertiary/aromatic N) is 3. The molecule has 0 saturated carbocycles. The molecular formula is C17H16BrN3O3. The topological polar surface area (TPSA) is 66.1 Å². The van der Waals surface area contributed by atoms with E-state index >= 15 is 0 Å². The highest BCUT2D eigenvalue weighted by molar-refractivity contribution is 9.10. The molecule has 7 heteroatoms. The van der Waals surface area contributed by atoms with Gasteiger partial charge < -0.3 is 4.74 Å². The van der Waals surface area contributed by atoms with Crippen molar-refractivity contribution in [1.82, 2.24) is 14.1 Å². The van der Waals surface area contributed by atoms with Gasteiger partial charge in [-0.1, -0.05) is 28.1 Å². The van der Waals surface area contributed by atoms with E-state index in [0.29, 0.717) is 23.4 Å². The average Bonchev–Trinajstić information content (AvgIpc) is 2.58. The van der Waals surface area contributed by atoms with Gasteiger partial charge in [-0.3, -0.25) is 13.9 Å². The molecule has 3 aromatic rings. The number of aryl methyl sites for hydroxylation is 1. The fraction of sp³-hybridized carbons (Fsp3) is 0.235. The van der Waals surface area contributed by atoms with Crippen LogP contribution in [0.15, 0.2) is 50.6 Å². The molecule has 0 amide bonds. The molecule has 0 aliphatic rings. The standard InChI is InChI=1S/C17H16BrN3O3/c1-3-24-13-8-9-19-15-14(13)16(22)21(17(23)20(15)2)10-11-4-6-12(18)7-5-11/h4-9H,3,10H2,1-2H3. The molecule has 0 aliphatic heterocycles. The molecule has 24 heavy (non-hydrogen) atoms. The number of fused-ring (bicyclic) bond motifs is 1. The molecule has 0 saturated heterocycles. The van der Waals surface area contributed by atoms with E-state index in [1.54, 1.807) is 13.1 Å². The van der Waals surface area contributed by atoms with Crippen LogP contribution in [-0.4, -0.2) is 20.7 Å². The lowest BCUT2D eigenvalue weighted by Crippen LogP contribution is -2.39. The van der Waals surface area contributed by atoms with E-state index in [9.17, 15) is 9.59 Å². The summed E-state index contributed by atoms with van der Waals surface area (Å²) in [6, 6.07) is 9.12. The van der Waals surface area contributed by atoms with Crippen LogP contribution in [0.1, 0.15) is 12.5 Å². The summed E-state index contributed by atoms with van der Waals surface area (Å²) in [5, 5.41) is 0.318. The van der Waals surface area contributed by atoms with Gasteiger partial charge in [0.1, 0.15) is 11.1 Å². The molecule has 2 heterocycles. The lowest BCUT2D eigenvalue weighted by molar-refractivity contribution is 0.343. The summed E-state index contributed by atoms with van der Waals surface area (Å²) in [6.45, 7) is 2.46. The van der Waals surface area contributed by atoms with Crippen LogP contribution in [0.4, 0.5) is 0 Å². The van der Waals surface area contributed by atoms with Crippen LogP contribution in [0.5, 0.6) is 5.75 Å². The van der Waals surface area contributed by atoms with Crippen molar-refractivity contribution in [3.8, 4) is 5.75 Å². The van der Waals surface area contributed by atoms with Crippen LogP contribution in [-0.2, 0) is 13.6 Å². The first-order valence-corrected chi connectivity index (χ1v) is 8.28. The lowest BCUT2D eigenvalue weighted by atomic mass is 10.2. The smallest absolute Gasteiger partial charge is 0.332 e. The summed E-state index contributed by atoms with van der Waals surface area (Å²) >= 11 is 3.37. The molecule has 0 N–H and O–H groups in total. The number of aromatic nitrogens is 3. The highest BCUT2D eigenvalue weighted by Gasteiger charge is 2.16. The molecule has 0 bridgehead atoms. The van der Waals surface area contributed by atoms with Gasteiger partial charge in [0.05, 0.1) is 13.2 Å². The Hall–Kier alpha value is -2.41. The van der Waals surface area contributed by atoms with Gasteiger partial charge in [0.2, 0.25) is 0 Å². The van der Waals surface area contributed by atoms with Gasteiger partial charge in [-0.15, -0.1) is 0 Å². The van der Waals surface area contributed by atoms with Crippen molar-refractivity contribution in [2.75, 3.05) is 6.61 Å². The molecular weight excluding hydrogens is 374 g/mol. The van der Waals surface area contributed by atoms with Crippen molar-refractivity contribution >= 4 is 27.0 Å². The Morgan fingerprint density at radius 3 is 2.54 bits per heavy atom. The minimum absolute atomic E-state index is 0.190. The normalized spacial score (nSPS) is 11.0. The van der Waals surface area contributed by atoms with Gasteiger partial charge in [0.15, 0.2) is 5.65 Å². The van der Waals surface area contributed by atoms with E-state index in [1.165, 1.54) is 15.3 Å². The first kappa shape index (κ1) is 16.4. The Morgan fingerprint density at radius 1 is 1.17 bits per heavy atom. The maximum Gasteiger partial charge on any atom is 0.332 e. The predicted molar refractivity (Wildman–Crippen MR) is 95.7 cm³/mol. The highest BCUT2D eigenvalue weighted by Crippen LogP contribution is 2.19. The fourth-order valence-electron chi connectivity index (χ4n) is 2.57. The van der Waals surface area contributed by atoms with Crippen molar-refractivity contribution < 1.29 is 4.74 Å². The number of hydrogen-bond acceptors (Lipinski definition) is 4. The van der Waals surface area contributed by atoms with Crippen LogP contribution < -0.4 is 16.0 Å².